The van der Waals surface area contributed by atoms with Gasteiger partial charge in [-0.25, -0.2) is 4.21 Å². The van der Waals surface area contributed by atoms with Crippen LogP contribution in [0.4, 0.5) is 0 Å². The van der Waals surface area contributed by atoms with Crippen LogP contribution in [0.5, 0.6) is 0 Å². The van der Waals surface area contributed by atoms with Crippen LogP contribution in [-0.2, 0) is 11.1 Å². The molecule has 2 N–H and O–H groups in total. The van der Waals surface area contributed by atoms with E-state index in [-0.39, 0.29) is 6.04 Å². The fourth-order valence-corrected chi connectivity index (χ4v) is 1.32. The Bertz CT molecular complexity index is 93.0. The summed E-state index contributed by atoms with van der Waals surface area (Å²) in [4.78, 5) is 0. The Morgan fingerprint density at radius 3 is 2.44 bits per heavy atom. The molecule has 9 heavy (non-hydrogen) atoms. The van der Waals surface area contributed by atoms with Crippen molar-refractivity contribution in [3.63, 3.8) is 0 Å². The highest BCUT2D eigenvalue weighted by atomic mass is 32.2. The zero-order valence-electron chi connectivity index (χ0n) is 5.76. The first-order valence-electron chi connectivity index (χ1n) is 2.95. The van der Waals surface area contributed by atoms with E-state index in [9.17, 15) is 4.21 Å². The van der Waals surface area contributed by atoms with E-state index in [1.165, 1.54) is 0 Å². The van der Waals surface area contributed by atoms with Gasteiger partial charge in [-0.05, 0) is 13.5 Å². The number of rotatable bonds is 4. The third-order valence-electron chi connectivity index (χ3n) is 1.24. The SMILES string of the molecule is CCC(CS(=O)O)NC. The molecule has 0 spiro atoms. The van der Waals surface area contributed by atoms with E-state index in [4.69, 9.17) is 4.55 Å². The first-order chi connectivity index (χ1) is 4.20. The largest absolute Gasteiger partial charge is 0.316 e. The zero-order valence-corrected chi connectivity index (χ0v) is 6.57. The summed E-state index contributed by atoms with van der Waals surface area (Å²) in [5, 5.41) is 2.93. The molecule has 0 saturated carbocycles. The van der Waals surface area contributed by atoms with Crippen LogP contribution < -0.4 is 5.32 Å². The van der Waals surface area contributed by atoms with Gasteiger partial charge in [-0.2, -0.15) is 0 Å². The minimum atomic E-state index is -1.66. The minimum Gasteiger partial charge on any atom is -0.316 e. The molecule has 0 aliphatic rings. The Morgan fingerprint density at radius 1 is 1.78 bits per heavy atom. The maximum Gasteiger partial charge on any atom is 0.154 e. The van der Waals surface area contributed by atoms with Crippen LogP contribution >= 0.6 is 0 Å². The van der Waals surface area contributed by atoms with Crippen LogP contribution in [0.1, 0.15) is 13.3 Å². The predicted octanol–water partition coefficient (Wildman–Crippen LogP) is 0.206. The van der Waals surface area contributed by atoms with E-state index in [2.05, 4.69) is 5.32 Å². The molecule has 3 nitrogen and oxygen atoms in total. The van der Waals surface area contributed by atoms with Gasteiger partial charge in [0.05, 0.1) is 5.75 Å². The molecule has 0 aromatic carbocycles. The molecule has 4 heteroatoms. The van der Waals surface area contributed by atoms with Gasteiger partial charge in [0.2, 0.25) is 0 Å². The van der Waals surface area contributed by atoms with E-state index in [0.717, 1.165) is 6.42 Å². The minimum absolute atomic E-state index is 0.177. The molecule has 0 amide bonds. The van der Waals surface area contributed by atoms with Gasteiger partial charge in [-0.1, -0.05) is 6.92 Å². The molecule has 0 radical (unpaired) electrons. The van der Waals surface area contributed by atoms with Crippen molar-refractivity contribution in [2.24, 2.45) is 0 Å². The van der Waals surface area contributed by atoms with Crippen LogP contribution in [-0.4, -0.2) is 27.6 Å². The molecule has 0 aromatic heterocycles. The molecule has 0 aliphatic heterocycles. The highest BCUT2D eigenvalue weighted by molar-refractivity contribution is 7.79. The van der Waals surface area contributed by atoms with Crippen molar-refractivity contribution in [3.8, 4) is 0 Å². The van der Waals surface area contributed by atoms with Gasteiger partial charge in [-0.3, -0.25) is 0 Å². The van der Waals surface area contributed by atoms with E-state index in [1.807, 2.05) is 6.92 Å². The van der Waals surface area contributed by atoms with Crippen molar-refractivity contribution in [1.82, 2.24) is 5.32 Å². The average Bonchev–Trinajstić information content (AvgIpc) is 1.82. The first-order valence-corrected chi connectivity index (χ1v) is 4.23. The van der Waals surface area contributed by atoms with E-state index in [1.54, 1.807) is 7.05 Å². The zero-order chi connectivity index (χ0) is 7.28. The standard InChI is InChI=1S/C5H13NO2S/c1-3-5(6-2)4-9(7)8/h5-6H,3-4H2,1-2H3,(H,7,8). The molecule has 0 fully saturated rings. The number of nitrogens with one attached hydrogen (secondary N) is 1. The molecule has 56 valence electrons. The van der Waals surface area contributed by atoms with Crippen LogP contribution in [0.3, 0.4) is 0 Å². The molecule has 0 saturated heterocycles. The van der Waals surface area contributed by atoms with Crippen molar-refractivity contribution >= 4 is 11.1 Å². The van der Waals surface area contributed by atoms with Crippen molar-refractivity contribution in [3.05, 3.63) is 0 Å². The second-order valence-corrected chi connectivity index (χ2v) is 2.86. The number of hydrogen-bond acceptors (Lipinski definition) is 2. The highest BCUT2D eigenvalue weighted by Crippen LogP contribution is 1.90. The van der Waals surface area contributed by atoms with Crippen molar-refractivity contribution in [2.45, 2.75) is 19.4 Å². The van der Waals surface area contributed by atoms with Crippen molar-refractivity contribution < 1.29 is 8.76 Å². The Morgan fingerprint density at radius 2 is 2.33 bits per heavy atom. The molecular formula is C5H13NO2S. The predicted molar refractivity (Wildman–Crippen MR) is 38.8 cm³/mol. The van der Waals surface area contributed by atoms with E-state index < -0.39 is 11.1 Å². The fourth-order valence-electron chi connectivity index (χ4n) is 0.577. The third kappa shape index (κ3) is 4.57. The molecule has 0 heterocycles. The van der Waals surface area contributed by atoms with Gasteiger partial charge in [0.1, 0.15) is 0 Å². The lowest BCUT2D eigenvalue weighted by molar-refractivity contribution is 0.534. The van der Waals surface area contributed by atoms with Gasteiger partial charge in [0.15, 0.2) is 11.1 Å². The van der Waals surface area contributed by atoms with Crippen LogP contribution in [0.15, 0.2) is 0 Å². The maximum absolute atomic E-state index is 10.2. The summed E-state index contributed by atoms with van der Waals surface area (Å²) in [5.41, 5.74) is 0. The molecule has 0 aromatic rings. The monoisotopic (exact) mass is 151 g/mol. The lowest BCUT2D eigenvalue weighted by Gasteiger charge is -2.09. The van der Waals surface area contributed by atoms with Gasteiger partial charge in [0.25, 0.3) is 0 Å². The van der Waals surface area contributed by atoms with Crippen LogP contribution in [0.2, 0.25) is 0 Å². The van der Waals surface area contributed by atoms with E-state index >= 15 is 0 Å². The summed E-state index contributed by atoms with van der Waals surface area (Å²) in [6.45, 7) is 1.98. The summed E-state index contributed by atoms with van der Waals surface area (Å²) in [7, 11) is 1.79. The normalized spacial score (nSPS) is 17.2. The van der Waals surface area contributed by atoms with Crippen molar-refractivity contribution in [2.75, 3.05) is 12.8 Å². The van der Waals surface area contributed by atoms with Gasteiger partial charge in [-0.15, -0.1) is 0 Å². The molecule has 0 rings (SSSR count). The molecule has 2 unspecified atom stereocenters. The first kappa shape index (κ1) is 9.07. The Kier molecular flexibility index (Phi) is 4.94. The topological polar surface area (TPSA) is 49.3 Å². The maximum atomic E-state index is 10.2. The average molecular weight is 151 g/mol. The van der Waals surface area contributed by atoms with Gasteiger partial charge in [0, 0.05) is 6.04 Å². The summed E-state index contributed by atoms with van der Waals surface area (Å²) >= 11 is -1.66. The second kappa shape index (κ2) is 4.90. The summed E-state index contributed by atoms with van der Waals surface area (Å²) in [6, 6.07) is 0.177. The summed E-state index contributed by atoms with van der Waals surface area (Å²) in [5.74, 6) is 0.326. The lowest BCUT2D eigenvalue weighted by atomic mass is 10.3. The van der Waals surface area contributed by atoms with Crippen LogP contribution in [0.25, 0.3) is 0 Å². The second-order valence-electron chi connectivity index (χ2n) is 1.88. The number of hydrogen-bond donors (Lipinski definition) is 2. The van der Waals surface area contributed by atoms with Crippen molar-refractivity contribution in [1.29, 1.82) is 0 Å². The van der Waals surface area contributed by atoms with E-state index in [0.29, 0.717) is 5.75 Å². The van der Waals surface area contributed by atoms with Gasteiger partial charge >= 0.3 is 0 Å². The molecule has 0 bridgehead atoms. The smallest absolute Gasteiger partial charge is 0.154 e. The Labute approximate surface area is 58.1 Å². The molecule has 0 aliphatic carbocycles. The third-order valence-corrected chi connectivity index (χ3v) is 1.93. The summed E-state index contributed by atoms with van der Waals surface area (Å²) < 4.78 is 18.6. The summed E-state index contributed by atoms with van der Waals surface area (Å²) in [6.07, 6.45) is 0.892. The Balaban J connectivity index is 3.43. The Hall–Kier alpha value is 0.0700. The lowest BCUT2D eigenvalue weighted by Crippen LogP contribution is -2.29. The van der Waals surface area contributed by atoms with Gasteiger partial charge < -0.3 is 9.87 Å². The quantitative estimate of drug-likeness (QED) is 0.564. The molecular weight excluding hydrogens is 138 g/mol. The molecule has 2 atom stereocenters. The highest BCUT2D eigenvalue weighted by Gasteiger charge is 2.04. The van der Waals surface area contributed by atoms with Crippen LogP contribution in [0, 0.1) is 0 Å². The fraction of sp³-hybridized carbons (Fsp3) is 1.00.